The number of hydrogen-bond acceptors (Lipinski definition) is 5. The topological polar surface area (TPSA) is 103 Å². The van der Waals surface area contributed by atoms with Gasteiger partial charge in [-0.25, -0.2) is 13.6 Å². The van der Waals surface area contributed by atoms with Crippen molar-refractivity contribution in [1.82, 2.24) is 14.5 Å². The lowest BCUT2D eigenvalue weighted by Crippen LogP contribution is -2.14. The summed E-state index contributed by atoms with van der Waals surface area (Å²) in [6.07, 6.45) is 5.32. The van der Waals surface area contributed by atoms with Crippen LogP contribution in [-0.4, -0.2) is 23.0 Å². The second-order valence-corrected chi connectivity index (χ2v) is 8.84. The van der Waals surface area contributed by atoms with Crippen LogP contribution in [0.4, 0.5) is 11.4 Å². The minimum Gasteiger partial charge on any atom is -0.354 e. The van der Waals surface area contributed by atoms with Gasteiger partial charge in [0.1, 0.15) is 4.90 Å². The van der Waals surface area contributed by atoms with E-state index in [1.54, 1.807) is 30.6 Å². The highest BCUT2D eigenvalue weighted by atomic mass is 32.2. The number of primary sulfonamides is 1. The number of aromatic nitrogens is 3. The summed E-state index contributed by atoms with van der Waals surface area (Å²) in [5.74, 6) is 0. The van der Waals surface area contributed by atoms with Crippen molar-refractivity contribution in [2.75, 3.05) is 5.32 Å². The molecule has 5 rings (SSSR count). The van der Waals surface area contributed by atoms with Crippen LogP contribution in [0.5, 0.6) is 0 Å². The van der Waals surface area contributed by atoms with Crippen LogP contribution in [-0.2, 0) is 17.1 Å². The number of nitrogens with two attached hydrogens (primary N) is 1. The molecular weight excluding hydrogens is 410 g/mol. The molecule has 2 heterocycles. The van der Waals surface area contributed by atoms with Crippen LogP contribution >= 0.6 is 0 Å². The highest BCUT2D eigenvalue weighted by Crippen LogP contribution is 2.34. The Kier molecular flexibility index (Phi) is 4.46. The van der Waals surface area contributed by atoms with Crippen molar-refractivity contribution < 1.29 is 8.42 Å². The predicted octanol–water partition coefficient (Wildman–Crippen LogP) is 4.18. The van der Waals surface area contributed by atoms with Gasteiger partial charge in [0.25, 0.3) is 0 Å². The third-order valence-electron chi connectivity index (χ3n) is 5.25. The van der Waals surface area contributed by atoms with Crippen molar-refractivity contribution in [1.29, 1.82) is 0 Å². The Balaban J connectivity index is 1.69. The van der Waals surface area contributed by atoms with Crippen molar-refractivity contribution in [2.45, 2.75) is 4.90 Å². The van der Waals surface area contributed by atoms with Crippen LogP contribution in [0, 0.1) is 0 Å². The fourth-order valence-electron chi connectivity index (χ4n) is 3.77. The Morgan fingerprint density at radius 3 is 2.61 bits per heavy atom. The van der Waals surface area contributed by atoms with Gasteiger partial charge in [0, 0.05) is 42.4 Å². The van der Waals surface area contributed by atoms with Gasteiger partial charge in [0.05, 0.1) is 16.7 Å². The molecule has 7 nitrogen and oxygen atoms in total. The largest absolute Gasteiger partial charge is 0.354 e. The number of rotatable bonds is 4. The molecule has 3 N–H and O–H groups in total. The van der Waals surface area contributed by atoms with E-state index in [-0.39, 0.29) is 4.90 Å². The first-order valence-corrected chi connectivity index (χ1v) is 11.1. The number of fused-ring (bicyclic) bond motifs is 2. The standard InChI is InChI=1S/C23H19N5O2S/c1-28-11-8-15-6-7-16(12-21(15)28)18-13-17(14-20-23(18)26-10-9-25-20)27-19-4-2-3-5-22(19)31(24,29)30/h2-14,27H,1H3,(H2,24,29,30). The summed E-state index contributed by atoms with van der Waals surface area (Å²) in [6, 6.07) is 18.6. The molecule has 3 aromatic carbocycles. The van der Waals surface area contributed by atoms with Gasteiger partial charge in [-0.1, -0.05) is 24.3 Å². The zero-order valence-corrected chi connectivity index (χ0v) is 17.5. The van der Waals surface area contributed by atoms with E-state index in [1.165, 1.54) is 6.07 Å². The maximum absolute atomic E-state index is 12.0. The average Bonchev–Trinajstić information content (AvgIpc) is 3.13. The summed E-state index contributed by atoms with van der Waals surface area (Å²) < 4.78 is 26.0. The van der Waals surface area contributed by atoms with Gasteiger partial charge in [0.15, 0.2) is 0 Å². The molecule has 0 aliphatic carbocycles. The van der Waals surface area contributed by atoms with Crippen LogP contribution in [0.2, 0.25) is 0 Å². The third-order valence-corrected chi connectivity index (χ3v) is 6.21. The van der Waals surface area contributed by atoms with Crippen LogP contribution in [0.25, 0.3) is 33.1 Å². The molecule has 31 heavy (non-hydrogen) atoms. The van der Waals surface area contributed by atoms with Crippen molar-refractivity contribution in [3.63, 3.8) is 0 Å². The average molecular weight is 430 g/mol. The molecule has 5 aromatic rings. The molecule has 2 aromatic heterocycles. The quantitative estimate of drug-likeness (QED) is 0.446. The molecule has 0 saturated heterocycles. The Morgan fingerprint density at radius 2 is 1.77 bits per heavy atom. The van der Waals surface area contributed by atoms with Gasteiger partial charge in [-0.15, -0.1) is 0 Å². The van der Waals surface area contributed by atoms with Crippen LogP contribution in [0.3, 0.4) is 0 Å². The third kappa shape index (κ3) is 3.52. The molecule has 8 heteroatoms. The number of sulfonamides is 1. The molecular formula is C23H19N5O2S. The van der Waals surface area contributed by atoms with E-state index in [0.717, 1.165) is 27.5 Å². The number of nitrogens with zero attached hydrogens (tertiary/aromatic N) is 3. The zero-order valence-electron chi connectivity index (χ0n) is 16.6. The SMILES string of the molecule is Cn1ccc2ccc(-c3cc(Nc4ccccc4S(N)(=O)=O)cc4nccnc34)cc21. The van der Waals surface area contributed by atoms with Crippen LogP contribution in [0.15, 0.2) is 84.1 Å². The second kappa shape index (κ2) is 7.19. The van der Waals surface area contributed by atoms with Crippen molar-refractivity contribution in [3.8, 4) is 11.1 Å². The number of benzene rings is 3. The monoisotopic (exact) mass is 429 g/mol. The second-order valence-electron chi connectivity index (χ2n) is 7.31. The van der Waals surface area contributed by atoms with E-state index in [9.17, 15) is 8.42 Å². The van der Waals surface area contributed by atoms with E-state index in [1.807, 2.05) is 31.4 Å². The fraction of sp³-hybridized carbons (Fsp3) is 0.0435. The number of aryl methyl sites for hydroxylation is 1. The minimum absolute atomic E-state index is 0.0287. The van der Waals surface area contributed by atoms with Gasteiger partial charge in [-0.2, -0.15) is 0 Å². The van der Waals surface area contributed by atoms with Gasteiger partial charge < -0.3 is 9.88 Å². The maximum atomic E-state index is 12.0. The minimum atomic E-state index is -3.87. The summed E-state index contributed by atoms with van der Waals surface area (Å²) in [6.45, 7) is 0. The Labute approximate surface area is 179 Å². The lowest BCUT2D eigenvalue weighted by atomic mass is 10.0. The first-order valence-electron chi connectivity index (χ1n) is 9.59. The summed E-state index contributed by atoms with van der Waals surface area (Å²) in [5.41, 5.74) is 5.53. The summed E-state index contributed by atoms with van der Waals surface area (Å²) >= 11 is 0. The highest BCUT2D eigenvalue weighted by Gasteiger charge is 2.15. The van der Waals surface area contributed by atoms with Gasteiger partial charge in [-0.3, -0.25) is 9.97 Å². The van der Waals surface area contributed by atoms with Gasteiger partial charge in [0.2, 0.25) is 10.0 Å². The van der Waals surface area contributed by atoms with Crippen molar-refractivity contribution in [2.24, 2.45) is 12.2 Å². The lowest BCUT2D eigenvalue weighted by molar-refractivity contribution is 0.598. The molecule has 0 amide bonds. The Hall–Kier alpha value is -3.75. The van der Waals surface area contributed by atoms with Gasteiger partial charge in [-0.05, 0) is 47.3 Å². The maximum Gasteiger partial charge on any atom is 0.240 e. The van der Waals surface area contributed by atoms with E-state index < -0.39 is 10.0 Å². The van der Waals surface area contributed by atoms with E-state index in [2.05, 4.69) is 38.1 Å². The molecule has 154 valence electrons. The van der Waals surface area contributed by atoms with E-state index in [4.69, 9.17) is 5.14 Å². The molecule has 0 aliphatic heterocycles. The molecule has 0 radical (unpaired) electrons. The molecule has 0 saturated carbocycles. The summed E-state index contributed by atoms with van der Waals surface area (Å²) in [4.78, 5) is 9.03. The molecule has 0 unspecified atom stereocenters. The Bertz CT molecular complexity index is 1560. The first-order chi connectivity index (χ1) is 14.9. The smallest absolute Gasteiger partial charge is 0.240 e. The molecule has 0 spiro atoms. The van der Waals surface area contributed by atoms with Crippen LogP contribution < -0.4 is 10.5 Å². The number of para-hydroxylation sites is 1. The Morgan fingerprint density at radius 1 is 0.968 bits per heavy atom. The van der Waals surface area contributed by atoms with E-state index >= 15 is 0 Å². The normalized spacial score (nSPS) is 11.8. The summed E-state index contributed by atoms with van der Waals surface area (Å²) in [7, 11) is -1.87. The fourth-order valence-corrected chi connectivity index (χ4v) is 4.46. The molecule has 0 bridgehead atoms. The number of nitrogens with one attached hydrogen (secondary N) is 1. The molecule has 0 fully saturated rings. The zero-order chi connectivity index (χ0) is 21.6. The first kappa shape index (κ1) is 19.2. The molecule has 0 atom stereocenters. The van der Waals surface area contributed by atoms with Crippen molar-refractivity contribution >= 4 is 43.3 Å². The van der Waals surface area contributed by atoms with E-state index in [0.29, 0.717) is 16.9 Å². The number of hydrogen-bond donors (Lipinski definition) is 2. The highest BCUT2D eigenvalue weighted by molar-refractivity contribution is 7.89. The summed E-state index contributed by atoms with van der Waals surface area (Å²) in [5, 5.41) is 9.73. The lowest BCUT2D eigenvalue weighted by Gasteiger charge is -2.14. The van der Waals surface area contributed by atoms with Crippen LogP contribution in [0.1, 0.15) is 0 Å². The number of anilines is 2. The van der Waals surface area contributed by atoms with Gasteiger partial charge >= 0.3 is 0 Å². The molecule has 0 aliphatic rings. The predicted molar refractivity (Wildman–Crippen MR) is 123 cm³/mol. The van der Waals surface area contributed by atoms with Crippen molar-refractivity contribution in [3.05, 3.63) is 79.3 Å².